The van der Waals surface area contributed by atoms with Crippen molar-refractivity contribution in [2.24, 2.45) is 0 Å². The van der Waals surface area contributed by atoms with Crippen LogP contribution in [0.2, 0.25) is 4.63 Å². The molecule has 0 spiro atoms. The van der Waals surface area contributed by atoms with Gasteiger partial charge in [0.15, 0.2) is 0 Å². The second-order valence-electron chi connectivity index (χ2n) is 7.49. The molecule has 0 saturated heterocycles. The van der Waals surface area contributed by atoms with Gasteiger partial charge in [0.2, 0.25) is 0 Å². The maximum absolute atomic E-state index is 9.47. The van der Waals surface area contributed by atoms with Crippen LogP contribution >= 0.6 is 24.8 Å². The summed E-state index contributed by atoms with van der Waals surface area (Å²) < 4.78 is 15.3. The van der Waals surface area contributed by atoms with E-state index in [1.165, 1.54) is 25.5 Å². The van der Waals surface area contributed by atoms with Crippen molar-refractivity contribution in [3.63, 3.8) is 0 Å². The summed E-state index contributed by atoms with van der Waals surface area (Å²) in [6.07, 6.45) is 7.43. The molecule has 5 heteroatoms. The molecule has 0 atom stereocenters. The van der Waals surface area contributed by atoms with Crippen LogP contribution in [0.5, 0.6) is 0 Å². The Kier molecular flexibility index (Phi) is 6.88. The Hall–Kier alpha value is -0.827. The van der Waals surface area contributed by atoms with E-state index < -0.39 is 18.7 Å². The Labute approximate surface area is 175 Å². The zero-order valence-electron chi connectivity index (χ0n) is 15.4. The van der Waals surface area contributed by atoms with Gasteiger partial charge in [-0.05, 0) is 0 Å². The molecule has 2 aromatic rings. The third kappa shape index (κ3) is 3.50. The number of hydrogen-bond acceptors (Lipinski definition) is 2. The van der Waals surface area contributed by atoms with E-state index in [0.717, 1.165) is 6.42 Å². The molecule has 2 nitrogen and oxygen atoms in total. The van der Waals surface area contributed by atoms with Crippen LogP contribution in [0.4, 0.5) is 0 Å². The van der Waals surface area contributed by atoms with Gasteiger partial charge < -0.3 is 0 Å². The zero-order chi connectivity index (χ0) is 17.5. The summed E-state index contributed by atoms with van der Waals surface area (Å²) >= 11 is -4.13. The monoisotopic (exact) mass is 482 g/mol. The summed E-state index contributed by atoms with van der Waals surface area (Å²) in [5.74, 6) is 0. The molecule has 0 saturated carbocycles. The van der Waals surface area contributed by atoms with Gasteiger partial charge in [0.25, 0.3) is 0 Å². The Morgan fingerprint density at radius 1 is 1.04 bits per heavy atom. The average molecular weight is 485 g/mol. The van der Waals surface area contributed by atoms with Gasteiger partial charge in [-0.1, -0.05) is 0 Å². The summed E-state index contributed by atoms with van der Waals surface area (Å²) in [4.78, 5) is 0. The van der Waals surface area contributed by atoms with Gasteiger partial charge in [-0.3, -0.25) is 0 Å². The number of benzene rings is 2. The molecule has 0 radical (unpaired) electrons. The fourth-order valence-corrected chi connectivity index (χ4v) is 16.2. The van der Waals surface area contributed by atoms with E-state index in [0.29, 0.717) is 6.61 Å². The minimum atomic E-state index is -4.13. The second-order valence-corrected chi connectivity index (χ2v) is 21.0. The predicted octanol–water partition coefficient (Wildman–Crippen LogP) is 5.54. The van der Waals surface area contributed by atoms with Gasteiger partial charge >= 0.3 is 151 Å². The topological polar surface area (TPSA) is 29.5 Å². The quantitative estimate of drug-likeness (QED) is 0.604. The molecule has 144 valence electrons. The minimum absolute atomic E-state index is 0. The first-order valence-corrected chi connectivity index (χ1v) is 16.7. The van der Waals surface area contributed by atoms with Crippen LogP contribution in [0.1, 0.15) is 21.2 Å². The normalized spacial score (nSPS) is 15.4. The van der Waals surface area contributed by atoms with Crippen molar-refractivity contribution in [2.75, 3.05) is 13.2 Å². The maximum atomic E-state index is 9.47. The van der Waals surface area contributed by atoms with E-state index in [2.05, 4.69) is 71.4 Å². The molecule has 0 fully saturated rings. The van der Waals surface area contributed by atoms with Crippen LogP contribution in [-0.2, 0) is 21.6 Å². The number of allylic oxidation sites excluding steroid dienone is 4. The van der Waals surface area contributed by atoms with E-state index in [1.54, 1.807) is 0 Å². The first-order chi connectivity index (χ1) is 12.1. The number of fused-ring (bicyclic) bond motifs is 3. The van der Waals surface area contributed by atoms with Gasteiger partial charge in [0.1, 0.15) is 0 Å². The molecule has 1 N–H and O–H groups in total. The Bertz CT molecular complexity index is 919. The van der Waals surface area contributed by atoms with Crippen molar-refractivity contribution < 1.29 is 26.7 Å². The van der Waals surface area contributed by atoms with Crippen molar-refractivity contribution >= 4 is 29.0 Å². The molecule has 0 bridgehead atoms. The molecular formula is C22H26Cl2O2Zr. The summed E-state index contributed by atoms with van der Waals surface area (Å²) in [5, 5.41) is 9.47. The third-order valence-electron chi connectivity index (χ3n) is 5.82. The Morgan fingerprint density at radius 2 is 1.59 bits per heavy atom. The SMILES string of the molecule is Cl.Cl.[CH2]=[Zr]([CH3])([O]CCO)([C]1=CC=CC1)[CH]1c2ccccc2-c2ccccc21. The summed E-state index contributed by atoms with van der Waals surface area (Å²) in [7, 11) is 0. The molecular weight excluding hydrogens is 458 g/mol. The summed E-state index contributed by atoms with van der Waals surface area (Å²) in [5.41, 5.74) is 5.26. The van der Waals surface area contributed by atoms with Crippen LogP contribution in [0, 0.1) is 0 Å². The summed E-state index contributed by atoms with van der Waals surface area (Å²) in [6.45, 7) is 0.382. The van der Waals surface area contributed by atoms with Crippen molar-refractivity contribution in [2.45, 2.75) is 14.7 Å². The molecule has 0 unspecified atom stereocenters. The van der Waals surface area contributed by atoms with E-state index >= 15 is 0 Å². The van der Waals surface area contributed by atoms with Gasteiger partial charge in [0, 0.05) is 0 Å². The second kappa shape index (κ2) is 8.27. The van der Waals surface area contributed by atoms with Crippen LogP contribution < -0.4 is 0 Å². The van der Waals surface area contributed by atoms with E-state index in [9.17, 15) is 5.11 Å². The van der Waals surface area contributed by atoms with Crippen molar-refractivity contribution in [1.29, 1.82) is 0 Å². The molecule has 4 rings (SSSR count). The van der Waals surface area contributed by atoms with Crippen molar-refractivity contribution in [3.8, 4) is 11.1 Å². The van der Waals surface area contributed by atoms with Crippen LogP contribution in [0.3, 0.4) is 0 Å². The molecule has 0 heterocycles. The van der Waals surface area contributed by atoms with Crippen LogP contribution in [0.25, 0.3) is 11.1 Å². The molecule has 0 amide bonds. The fraction of sp³-hybridized carbons (Fsp3) is 0.227. The molecule has 2 aliphatic carbocycles. The first-order valence-electron chi connectivity index (χ1n) is 8.90. The number of aliphatic hydroxyl groups is 1. The Balaban J connectivity index is 0.00000131. The zero-order valence-corrected chi connectivity index (χ0v) is 19.5. The molecule has 27 heavy (non-hydrogen) atoms. The van der Waals surface area contributed by atoms with Gasteiger partial charge in [0.05, 0.1) is 0 Å². The molecule has 2 aromatic carbocycles. The van der Waals surface area contributed by atoms with Crippen LogP contribution in [-0.4, -0.2) is 22.5 Å². The Morgan fingerprint density at radius 3 is 2.07 bits per heavy atom. The first kappa shape index (κ1) is 22.5. The average Bonchev–Trinajstić information content (AvgIpc) is 3.27. The third-order valence-corrected chi connectivity index (χ3v) is 18.7. The summed E-state index contributed by atoms with van der Waals surface area (Å²) in [6, 6.07) is 17.3. The van der Waals surface area contributed by atoms with Crippen molar-refractivity contribution in [1.82, 2.24) is 0 Å². The number of aliphatic hydroxyl groups excluding tert-OH is 1. The van der Waals surface area contributed by atoms with Gasteiger partial charge in [-0.15, -0.1) is 24.8 Å². The van der Waals surface area contributed by atoms with Crippen LogP contribution in [0.15, 0.2) is 70.0 Å². The van der Waals surface area contributed by atoms with E-state index in [-0.39, 0.29) is 35.0 Å². The standard InChI is InChI=1S/C13H9.C5H5.C2H5O2.CH3.CH2.2ClH.Zr/c1-3-7-12-10(5-1)9-11-6-2-4-8-13(11)12;1-2-4-5-3-1;3-1-2-4;;;;;/h1-9H;1-3H,4H2;3H,1-2H2;1H3;1H2;2*1H;/q;;-1;;;;;+1. The molecule has 0 aromatic heterocycles. The predicted molar refractivity (Wildman–Crippen MR) is 116 cm³/mol. The number of halogens is 2. The van der Waals surface area contributed by atoms with Crippen molar-refractivity contribution in [3.05, 3.63) is 81.2 Å². The van der Waals surface area contributed by atoms with Gasteiger partial charge in [-0.25, -0.2) is 0 Å². The number of hydrogen-bond donors (Lipinski definition) is 1. The van der Waals surface area contributed by atoms with E-state index in [1.807, 2.05) is 0 Å². The molecule has 0 aliphatic heterocycles. The number of rotatable bonds is 5. The molecule has 2 aliphatic rings. The fourth-order valence-electron chi connectivity index (χ4n) is 4.61. The van der Waals surface area contributed by atoms with Gasteiger partial charge in [-0.2, -0.15) is 0 Å². The van der Waals surface area contributed by atoms with E-state index in [4.69, 9.17) is 7.02 Å².